The fourth-order valence-electron chi connectivity index (χ4n) is 4.02. The van der Waals surface area contributed by atoms with E-state index in [4.69, 9.17) is 0 Å². The van der Waals surface area contributed by atoms with Crippen LogP contribution in [0.1, 0.15) is 97.8 Å². The van der Waals surface area contributed by atoms with Crippen molar-refractivity contribution < 1.29 is 0 Å². The van der Waals surface area contributed by atoms with Gasteiger partial charge in [-0.1, -0.05) is 81.6 Å². The number of hydrogen-bond donors (Lipinski definition) is 0. The fourth-order valence-corrected chi connectivity index (χ4v) is 4.81. The lowest BCUT2D eigenvalue weighted by atomic mass is 9.66. The second kappa shape index (κ2) is 10.2. The number of rotatable bonds is 10. The first-order chi connectivity index (χ1) is 9.69. The van der Waals surface area contributed by atoms with Crippen molar-refractivity contribution in [3.8, 4) is 0 Å². The molecule has 1 saturated carbocycles. The van der Waals surface area contributed by atoms with Gasteiger partial charge in [-0.05, 0) is 49.4 Å². The molecule has 1 fully saturated rings. The number of hydrogen-bond acceptors (Lipinski definition) is 0. The molecule has 0 aliphatic heterocycles. The molecule has 0 saturated heterocycles. The SMILES string of the molecule is CCCCC1CCC(CBr)(CC(CC)CCCC)CC1. The van der Waals surface area contributed by atoms with Crippen LogP contribution in [0.2, 0.25) is 0 Å². The lowest BCUT2D eigenvalue weighted by molar-refractivity contribution is 0.128. The van der Waals surface area contributed by atoms with Crippen LogP contribution in [-0.4, -0.2) is 5.33 Å². The maximum atomic E-state index is 3.87. The lowest BCUT2D eigenvalue weighted by Gasteiger charge is -2.41. The molecule has 0 bridgehead atoms. The molecule has 0 spiro atoms. The average molecular weight is 345 g/mol. The predicted molar refractivity (Wildman–Crippen MR) is 95.6 cm³/mol. The molecule has 0 radical (unpaired) electrons. The van der Waals surface area contributed by atoms with Gasteiger partial charge in [0.25, 0.3) is 0 Å². The molecule has 0 aromatic rings. The molecule has 1 aliphatic carbocycles. The summed E-state index contributed by atoms with van der Waals surface area (Å²) in [6.07, 6.45) is 17.4. The summed E-state index contributed by atoms with van der Waals surface area (Å²) in [5.41, 5.74) is 0.636. The molecule has 1 aliphatic rings. The molecule has 0 aromatic carbocycles. The molecule has 0 heterocycles. The van der Waals surface area contributed by atoms with Gasteiger partial charge in [-0.25, -0.2) is 0 Å². The molecular formula is C19H37Br. The number of alkyl halides is 1. The van der Waals surface area contributed by atoms with Crippen molar-refractivity contribution >= 4 is 15.9 Å². The largest absolute Gasteiger partial charge is 0.0922 e. The van der Waals surface area contributed by atoms with Gasteiger partial charge >= 0.3 is 0 Å². The van der Waals surface area contributed by atoms with Gasteiger partial charge in [0.05, 0.1) is 0 Å². The van der Waals surface area contributed by atoms with Crippen LogP contribution >= 0.6 is 15.9 Å². The average Bonchev–Trinajstić information content (AvgIpc) is 2.50. The lowest BCUT2D eigenvalue weighted by Crippen LogP contribution is -2.31. The minimum atomic E-state index is 0.636. The topological polar surface area (TPSA) is 0 Å². The van der Waals surface area contributed by atoms with Crippen LogP contribution in [0.3, 0.4) is 0 Å². The van der Waals surface area contributed by atoms with Crippen LogP contribution in [-0.2, 0) is 0 Å². The van der Waals surface area contributed by atoms with E-state index >= 15 is 0 Å². The number of unbranched alkanes of at least 4 members (excludes halogenated alkanes) is 2. The number of halogens is 1. The van der Waals surface area contributed by atoms with E-state index in [2.05, 4.69) is 36.7 Å². The van der Waals surface area contributed by atoms with Gasteiger partial charge in [0.2, 0.25) is 0 Å². The Kier molecular flexibility index (Phi) is 9.49. The standard InChI is InChI=1S/C19H37Br/c1-4-7-9-17(6-3)15-19(16-20)13-11-18(12-14-19)10-8-5-2/h17-18H,4-16H2,1-3H3. The molecule has 1 rings (SSSR count). The van der Waals surface area contributed by atoms with Crippen molar-refractivity contribution in [1.82, 2.24) is 0 Å². The molecule has 0 amide bonds. The second-order valence-electron chi connectivity index (χ2n) is 7.34. The van der Waals surface area contributed by atoms with Crippen LogP contribution in [0.25, 0.3) is 0 Å². The summed E-state index contributed by atoms with van der Waals surface area (Å²) in [7, 11) is 0. The summed E-state index contributed by atoms with van der Waals surface area (Å²) in [6, 6.07) is 0. The van der Waals surface area contributed by atoms with Gasteiger partial charge in [0.15, 0.2) is 0 Å². The van der Waals surface area contributed by atoms with Crippen molar-refractivity contribution in [2.75, 3.05) is 5.33 Å². The molecule has 1 atom stereocenters. The molecule has 20 heavy (non-hydrogen) atoms. The highest BCUT2D eigenvalue weighted by atomic mass is 79.9. The Morgan fingerprint density at radius 1 is 1.05 bits per heavy atom. The normalized spacial score (nSPS) is 28.5. The summed E-state index contributed by atoms with van der Waals surface area (Å²) >= 11 is 3.87. The summed E-state index contributed by atoms with van der Waals surface area (Å²) in [5, 5.41) is 1.24. The molecule has 120 valence electrons. The quantitative estimate of drug-likeness (QED) is 0.363. The van der Waals surface area contributed by atoms with Gasteiger partial charge in [-0.15, -0.1) is 0 Å². The Bertz CT molecular complexity index is 228. The van der Waals surface area contributed by atoms with Gasteiger partial charge in [0.1, 0.15) is 0 Å². The highest BCUT2D eigenvalue weighted by Gasteiger charge is 2.35. The molecule has 1 unspecified atom stereocenters. The van der Waals surface area contributed by atoms with Crippen molar-refractivity contribution in [1.29, 1.82) is 0 Å². The smallest absolute Gasteiger partial charge is 0.00880 e. The van der Waals surface area contributed by atoms with Crippen LogP contribution in [0.15, 0.2) is 0 Å². The van der Waals surface area contributed by atoms with Crippen LogP contribution in [0.5, 0.6) is 0 Å². The first-order valence-electron chi connectivity index (χ1n) is 9.25. The summed E-state index contributed by atoms with van der Waals surface area (Å²) < 4.78 is 0. The monoisotopic (exact) mass is 344 g/mol. The molecule has 0 N–H and O–H groups in total. The third-order valence-corrected chi connectivity index (χ3v) is 6.87. The van der Waals surface area contributed by atoms with E-state index in [0.717, 1.165) is 11.8 Å². The molecule has 0 nitrogen and oxygen atoms in total. The van der Waals surface area contributed by atoms with E-state index in [1.54, 1.807) is 0 Å². The van der Waals surface area contributed by atoms with Crippen LogP contribution in [0.4, 0.5) is 0 Å². The Balaban J connectivity index is 2.44. The first-order valence-corrected chi connectivity index (χ1v) is 10.4. The fraction of sp³-hybridized carbons (Fsp3) is 1.00. The van der Waals surface area contributed by atoms with Gasteiger partial charge in [-0.3, -0.25) is 0 Å². The van der Waals surface area contributed by atoms with Crippen molar-refractivity contribution in [2.24, 2.45) is 17.3 Å². The van der Waals surface area contributed by atoms with E-state index in [1.165, 1.54) is 82.4 Å². The van der Waals surface area contributed by atoms with Crippen molar-refractivity contribution in [2.45, 2.75) is 97.8 Å². The molecule has 0 aromatic heterocycles. The Hall–Kier alpha value is 0.480. The Morgan fingerprint density at radius 2 is 1.70 bits per heavy atom. The minimum absolute atomic E-state index is 0.636. The maximum absolute atomic E-state index is 3.87. The van der Waals surface area contributed by atoms with E-state index in [1.807, 2.05) is 0 Å². The van der Waals surface area contributed by atoms with Crippen molar-refractivity contribution in [3.63, 3.8) is 0 Å². The highest BCUT2D eigenvalue weighted by Crippen LogP contribution is 2.46. The van der Waals surface area contributed by atoms with E-state index < -0.39 is 0 Å². The Labute approximate surface area is 136 Å². The maximum Gasteiger partial charge on any atom is 0.00880 e. The highest BCUT2D eigenvalue weighted by molar-refractivity contribution is 9.09. The van der Waals surface area contributed by atoms with E-state index in [0.29, 0.717) is 5.41 Å². The minimum Gasteiger partial charge on any atom is -0.0922 e. The zero-order valence-electron chi connectivity index (χ0n) is 14.2. The molecular weight excluding hydrogens is 308 g/mol. The third-order valence-electron chi connectivity index (χ3n) is 5.68. The third kappa shape index (κ3) is 6.08. The van der Waals surface area contributed by atoms with Crippen molar-refractivity contribution in [3.05, 3.63) is 0 Å². The first kappa shape index (κ1) is 18.5. The predicted octanol–water partition coefficient (Wildman–Crippen LogP) is 7.35. The zero-order chi connectivity index (χ0) is 14.8. The summed E-state index contributed by atoms with van der Waals surface area (Å²) in [4.78, 5) is 0. The Morgan fingerprint density at radius 3 is 2.20 bits per heavy atom. The summed E-state index contributed by atoms with van der Waals surface area (Å²) in [6.45, 7) is 7.05. The zero-order valence-corrected chi connectivity index (χ0v) is 15.8. The van der Waals surface area contributed by atoms with E-state index in [9.17, 15) is 0 Å². The van der Waals surface area contributed by atoms with Gasteiger partial charge in [-0.2, -0.15) is 0 Å². The van der Waals surface area contributed by atoms with Gasteiger partial charge < -0.3 is 0 Å². The second-order valence-corrected chi connectivity index (χ2v) is 7.90. The van der Waals surface area contributed by atoms with Crippen LogP contribution in [0, 0.1) is 17.3 Å². The molecule has 1 heteroatoms. The van der Waals surface area contributed by atoms with E-state index in [-0.39, 0.29) is 0 Å². The van der Waals surface area contributed by atoms with Crippen LogP contribution < -0.4 is 0 Å². The van der Waals surface area contributed by atoms with Gasteiger partial charge in [0, 0.05) is 5.33 Å². The summed E-state index contributed by atoms with van der Waals surface area (Å²) in [5.74, 6) is 2.01.